The number of aromatic amines is 1. The van der Waals surface area contributed by atoms with Gasteiger partial charge < -0.3 is 0 Å². The van der Waals surface area contributed by atoms with Gasteiger partial charge in [0.15, 0.2) is 0 Å². The minimum absolute atomic E-state index is 0.276. The van der Waals surface area contributed by atoms with Crippen LogP contribution in [0.2, 0.25) is 0 Å². The van der Waals surface area contributed by atoms with Crippen LogP contribution >= 0.6 is 11.3 Å². The van der Waals surface area contributed by atoms with Crippen molar-refractivity contribution in [3.05, 3.63) is 52.7 Å². The average molecular weight is 361 g/mol. The molecule has 7 heteroatoms. The lowest BCUT2D eigenvalue weighted by Gasteiger charge is -2.10. The van der Waals surface area contributed by atoms with Crippen molar-refractivity contribution in [1.29, 1.82) is 0 Å². The van der Waals surface area contributed by atoms with Gasteiger partial charge in [-0.2, -0.15) is 5.10 Å². The van der Waals surface area contributed by atoms with Crippen molar-refractivity contribution in [3.63, 3.8) is 0 Å². The summed E-state index contributed by atoms with van der Waals surface area (Å²) in [4.78, 5) is 0.832. The third-order valence-corrected chi connectivity index (χ3v) is 7.13. The first-order chi connectivity index (χ1) is 11.3. The summed E-state index contributed by atoms with van der Waals surface area (Å²) in [6.07, 6.45) is 0. The van der Waals surface area contributed by atoms with E-state index in [1.807, 2.05) is 39.8 Å². The van der Waals surface area contributed by atoms with Crippen LogP contribution < -0.4 is 4.72 Å². The maximum absolute atomic E-state index is 12.7. The Morgan fingerprint density at radius 2 is 1.79 bits per heavy atom. The fourth-order valence-electron chi connectivity index (χ4n) is 2.37. The number of aryl methyl sites for hydroxylation is 2. The van der Waals surface area contributed by atoms with E-state index in [0.717, 1.165) is 33.0 Å². The zero-order chi connectivity index (χ0) is 17.5. The molecule has 0 bridgehead atoms. The molecule has 0 aliphatic rings. The lowest BCUT2D eigenvalue weighted by molar-refractivity contribution is 0.603. The molecular formula is C17H19N3O2S2. The smallest absolute Gasteiger partial charge is 0.271 e. The third kappa shape index (κ3) is 2.97. The summed E-state index contributed by atoms with van der Waals surface area (Å²) in [7, 11) is -3.62. The summed E-state index contributed by atoms with van der Waals surface area (Å²) >= 11 is 1.22. The van der Waals surface area contributed by atoms with Crippen LogP contribution in [0, 0.1) is 27.7 Å². The molecule has 3 aromatic rings. The van der Waals surface area contributed by atoms with Crippen LogP contribution in [0.15, 0.2) is 34.5 Å². The Bertz CT molecular complexity index is 1000. The maximum Gasteiger partial charge on any atom is 0.271 e. The first-order valence-corrected chi connectivity index (χ1v) is 9.80. The summed E-state index contributed by atoms with van der Waals surface area (Å²) in [5, 5.41) is 7.19. The molecule has 0 saturated heterocycles. The number of hydrogen-bond donors (Lipinski definition) is 2. The number of nitrogens with zero attached hydrogens (tertiary/aromatic N) is 1. The number of aromatic nitrogens is 2. The highest BCUT2D eigenvalue weighted by molar-refractivity contribution is 7.94. The number of rotatable bonds is 4. The van der Waals surface area contributed by atoms with Crippen molar-refractivity contribution < 1.29 is 8.42 Å². The number of hydrogen-bond acceptors (Lipinski definition) is 4. The number of anilines is 1. The molecule has 2 aromatic heterocycles. The number of nitrogens with one attached hydrogen (secondary N) is 2. The van der Waals surface area contributed by atoms with Crippen LogP contribution in [0.4, 0.5) is 5.69 Å². The topological polar surface area (TPSA) is 74.8 Å². The standard InChI is InChI=1S/C17H19N3O2S2/c1-10-6-5-7-14(11(10)2)20-24(21,22)16-9-8-15(23-16)17-12(3)13(4)18-19-17/h5-9,20H,1-4H3,(H,18,19). The Labute approximate surface area is 145 Å². The van der Waals surface area contributed by atoms with E-state index in [-0.39, 0.29) is 4.21 Å². The van der Waals surface area contributed by atoms with E-state index in [0.29, 0.717) is 5.69 Å². The molecule has 3 rings (SSSR count). The fraction of sp³-hybridized carbons (Fsp3) is 0.235. The van der Waals surface area contributed by atoms with Crippen molar-refractivity contribution in [3.8, 4) is 10.6 Å². The summed E-state index contributed by atoms with van der Waals surface area (Å²) in [6.45, 7) is 7.78. The third-order valence-electron chi connectivity index (χ3n) is 4.18. The van der Waals surface area contributed by atoms with Gasteiger partial charge in [-0.3, -0.25) is 9.82 Å². The Morgan fingerprint density at radius 3 is 2.46 bits per heavy atom. The first-order valence-electron chi connectivity index (χ1n) is 7.50. The molecule has 24 heavy (non-hydrogen) atoms. The average Bonchev–Trinajstić information content (AvgIpc) is 3.13. The van der Waals surface area contributed by atoms with Gasteiger partial charge in [-0.1, -0.05) is 12.1 Å². The number of H-pyrrole nitrogens is 1. The second-order valence-electron chi connectivity index (χ2n) is 5.79. The molecule has 0 amide bonds. The molecule has 0 aliphatic heterocycles. The normalized spacial score (nSPS) is 11.7. The number of sulfonamides is 1. The van der Waals surface area contributed by atoms with Crippen LogP contribution in [0.1, 0.15) is 22.4 Å². The largest absolute Gasteiger partial charge is 0.282 e. The van der Waals surface area contributed by atoms with Gasteiger partial charge in [0.1, 0.15) is 9.90 Å². The molecular weight excluding hydrogens is 342 g/mol. The summed E-state index contributed by atoms with van der Waals surface area (Å²) in [5.74, 6) is 0. The van der Waals surface area contributed by atoms with Gasteiger partial charge in [0, 0.05) is 5.69 Å². The van der Waals surface area contributed by atoms with Crippen LogP contribution in [0.25, 0.3) is 10.6 Å². The van der Waals surface area contributed by atoms with Crippen molar-refractivity contribution in [2.45, 2.75) is 31.9 Å². The van der Waals surface area contributed by atoms with Crippen molar-refractivity contribution in [1.82, 2.24) is 10.2 Å². The summed E-state index contributed by atoms with van der Waals surface area (Å²) in [5.41, 5.74) is 5.39. The molecule has 2 N–H and O–H groups in total. The summed E-state index contributed by atoms with van der Waals surface area (Å²) < 4.78 is 28.3. The Balaban J connectivity index is 1.94. The Hall–Kier alpha value is -2.12. The quantitative estimate of drug-likeness (QED) is 0.732. The first kappa shape index (κ1) is 16.7. The van der Waals surface area contributed by atoms with Gasteiger partial charge in [0.05, 0.1) is 10.6 Å². The second-order valence-corrected chi connectivity index (χ2v) is 8.79. The van der Waals surface area contributed by atoms with Crippen molar-refractivity contribution in [2.24, 2.45) is 0 Å². The maximum atomic E-state index is 12.7. The molecule has 126 valence electrons. The predicted molar refractivity (Wildman–Crippen MR) is 98.1 cm³/mol. The van der Waals surface area contributed by atoms with Crippen molar-refractivity contribution >= 4 is 27.0 Å². The van der Waals surface area contributed by atoms with Crippen LogP contribution in [-0.4, -0.2) is 18.6 Å². The van der Waals surface area contributed by atoms with E-state index in [2.05, 4.69) is 14.9 Å². The second kappa shape index (κ2) is 6.07. The molecule has 0 unspecified atom stereocenters. The van der Waals surface area contributed by atoms with Crippen LogP contribution in [0.5, 0.6) is 0 Å². The monoisotopic (exact) mass is 361 g/mol. The fourth-order valence-corrected chi connectivity index (χ4v) is 4.85. The molecule has 0 saturated carbocycles. The van der Waals surface area contributed by atoms with Crippen LogP contribution in [0.3, 0.4) is 0 Å². The molecule has 0 radical (unpaired) electrons. The van der Waals surface area contributed by atoms with Gasteiger partial charge in [-0.05, 0) is 62.6 Å². The highest BCUT2D eigenvalue weighted by atomic mass is 32.2. The molecule has 5 nitrogen and oxygen atoms in total. The van der Waals surface area contributed by atoms with Gasteiger partial charge in [-0.25, -0.2) is 8.42 Å². The Kier molecular flexibility index (Phi) is 4.23. The molecule has 0 fully saturated rings. The van der Waals surface area contributed by atoms with E-state index in [4.69, 9.17) is 0 Å². The highest BCUT2D eigenvalue weighted by Crippen LogP contribution is 2.33. The van der Waals surface area contributed by atoms with E-state index in [9.17, 15) is 8.42 Å². The van der Waals surface area contributed by atoms with Gasteiger partial charge in [0.2, 0.25) is 0 Å². The number of benzene rings is 1. The Morgan fingerprint density at radius 1 is 1.04 bits per heavy atom. The SMILES string of the molecule is Cc1cccc(NS(=O)(=O)c2ccc(-c3n[nH]c(C)c3C)s2)c1C. The molecule has 0 spiro atoms. The lowest BCUT2D eigenvalue weighted by atomic mass is 10.1. The lowest BCUT2D eigenvalue weighted by Crippen LogP contribution is -2.12. The molecule has 0 aliphatic carbocycles. The van der Waals surface area contributed by atoms with Crippen molar-refractivity contribution in [2.75, 3.05) is 4.72 Å². The molecule has 0 atom stereocenters. The molecule has 2 heterocycles. The number of thiophene rings is 1. The predicted octanol–water partition coefficient (Wildman–Crippen LogP) is 4.17. The minimum atomic E-state index is -3.62. The van der Waals surface area contributed by atoms with Gasteiger partial charge >= 0.3 is 0 Å². The molecule has 1 aromatic carbocycles. The zero-order valence-corrected chi connectivity index (χ0v) is 15.6. The van der Waals surface area contributed by atoms with E-state index >= 15 is 0 Å². The van der Waals surface area contributed by atoms with Crippen LogP contribution in [-0.2, 0) is 10.0 Å². The summed E-state index contributed by atoms with van der Waals surface area (Å²) in [6, 6.07) is 8.99. The van der Waals surface area contributed by atoms with E-state index < -0.39 is 10.0 Å². The zero-order valence-electron chi connectivity index (χ0n) is 14.0. The van der Waals surface area contributed by atoms with E-state index in [1.165, 1.54) is 11.3 Å². The van der Waals surface area contributed by atoms with Gasteiger partial charge in [-0.15, -0.1) is 11.3 Å². The highest BCUT2D eigenvalue weighted by Gasteiger charge is 2.20. The minimum Gasteiger partial charge on any atom is -0.282 e. The van der Waals surface area contributed by atoms with E-state index in [1.54, 1.807) is 18.2 Å². The van der Waals surface area contributed by atoms with Gasteiger partial charge in [0.25, 0.3) is 10.0 Å².